The summed E-state index contributed by atoms with van der Waals surface area (Å²) in [5.41, 5.74) is 2.25. The van der Waals surface area contributed by atoms with Gasteiger partial charge in [0.2, 0.25) is 11.8 Å². The molecule has 5 nitrogen and oxygen atoms in total. The highest BCUT2D eigenvalue weighted by Gasteiger charge is 2.39. The first kappa shape index (κ1) is 23.0. The zero-order valence-corrected chi connectivity index (χ0v) is 19.2. The number of para-hydroxylation sites is 1. The van der Waals surface area contributed by atoms with Crippen LogP contribution < -0.4 is 5.32 Å². The Kier molecular flexibility index (Phi) is 7.42. The van der Waals surface area contributed by atoms with Crippen LogP contribution in [0.25, 0.3) is 0 Å². The third-order valence-corrected chi connectivity index (χ3v) is 6.46. The van der Waals surface area contributed by atoms with E-state index in [2.05, 4.69) is 10.3 Å². The largest absolute Gasteiger partial charge is 0.326 e. The molecule has 0 bridgehead atoms. The van der Waals surface area contributed by atoms with Gasteiger partial charge >= 0.3 is 0 Å². The van der Waals surface area contributed by atoms with Crippen molar-refractivity contribution >= 4 is 51.7 Å². The van der Waals surface area contributed by atoms with Gasteiger partial charge in [0.1, 0.15) is 11.1 Å². The molecule has 1 unspecified atom stereocenters. The van der Waals surface area contributed by atoms with Gasteiger partial charge in [-0.3, -0.25) is 14.5 Å². The van der Waals surface area contributed by atoms with E-state index in [9.17, 15) is 14.0 Å². The van der Waals surface area contributed by atoms with Gasteiger partial charge < -0.3 is 5.32 Å². The first-order valence-corrected chi connectivity index (χ1v) is 11.7. The lowest BCUT2D eigenvalue weighted by Gasteiger charge is -2.16. The van der Waals surface area contributed by atoms with Crippen molar-refractivity contribution in [3.8, 4) is 0 Å². The molecule has 1 N–H and O–H groups in total. The number of nitrogens with zero attached hydrogens (tertiary/aromatic N) is 2. The second kappa shape index (κ2) is 10.6. The predicted octanol–water partition coefficient (Wildman–Crippen LogP) is 5.68. The van der Waals surface area contributed by atoms with E-state index in [1.54, 1.807) is 53.4 Å². The number of carbonyl (C=O) groups is 2. The molecule has 0 aliphatic carbocycles. The Balaban J connectivity index is 1.50. The smallest absolute Gasteiger partial charge is 0.242 e. The molecule has 0 spiro atoms. The maximum Gasteiger partial charge on any atom is 0.242 e. The Morgan fingerprint density at radius 3 is 2.42 bits per heavy atom. The number of nitrogens with one attached hydrogen (secondary N) is 1. The number of hydrogen-bond donors (Lipinski definition) is 1. The van der Waals surface area contributed by atoms with Crippen molar-refractivity contribution in [2.75, 3.05) is 11.9 Å². The summed E-state index contributed by atoms with van der Waals surface area (Å²) in [5.74, 6) is -0.711. The van der Waals surface area contributed by atoms with Gasteiger partial charge in [-0.25, -0.2) is 9.38 Å². The van der Waals surface area contributed by atoms with E-state index in [1.807, 2.05) is 18.2 Å². The van der Waals surface area contributed by atoms with E-state index >= 15 is 0 Å². The SMILES string of the molecule is O=C(CC1SC(=Nc2ccc(Cl)cc2)N(CCc2ccc(F)cc2)C1=O)Nc1ccccc1. The Morgan fingerprint density at radius 2 is 1.73 bits per heavy atom. The van der Waals surface area contributed by atoms with Crippen molar-refractivity contribution in [1.29, 1.82) is 0 Å². The molecule has 1 aliphatic heterocycles. The quantitative estimate of drug-likeness (QED) is 0.472. The van der Waals surface area contributed by atoms with Crippen molar-refractivity contribution in [3.05, 3.63) is 95.3 Å². The summed E-state index contributed by atoms with van der Waals surface area (Å²) in [5, 5.41) is 3.37. The number of halogens is 2. The summed E-state index contributed by atoms with van der Waals surface area (Å²) in [6.45, 7) is 0.376. The van der Waals surface area contributed by atoms with Crippen molar-refractivity contribution in [3.63, 3.8) is 0 Å². The molecule has 0 radical (unpaired) electrons. The number of amidine groups is 1. The molecule has 4 rings (SSSR count). The number of amides is 2. The van der Waals surface area contributed by atoms with Gasteiger partial charge in [-0.05, 0) is 60.5 Å². The molecule has 8 heteroatoms. The van der Waals surface area contributed by atoms with Crippen LogP contribution in [-0.4, -0.2) is 33.7 Å². The molecular formula is C25H21ClFN3O2S. The lowest BCUT2D eigenvalue weighted by molar-refractivity contribution is -0.128. The van der Waals surface area contributed by atoms with Gasteiger partial charge in [-0.15, -0.1) is 0 Å². The fourth-order valence-corrected chi connectivity index (χ4v) is 4.66. The standard InChI is InChI=1S/C25H21ClFN3O2S/c26-18-8-12-21(13-9-18)29-25-30(15-14-17-6-10-19(27)11-7-17)24(32)22(33-25)16-23(31)28-20-4-2-1-3-5-20/h1-13,22H,14-16H2,(H,28,31). The van der Waals surface area contributed by atoms with E-state index in [4.69, 9.17) is 11.6 Å². The second-order valence-electron chi connectivity index (χ2n) is 7.46. The molecule has 1 atom stereocenters. The summed E-state index contributed by atoms with van der Waals surface area (Å²) in [6.07, 6.45) is 0.570. The van der Waals surface area contributed by atoms with Crippen LogP contribution in [0.4, 0.5) is 15.8 Å². The minimum Gasteiger partial charge on any atom is -0.326 e. The topological polar surface area (TPSA) is 61.8 Å². The zero-order valence-electron chi connectivity index (χ0n) is 17.6. The fraction of sp³-hybridized carbons (Fsp3) is 0.160. The predicted molar refractivity (Wildman–Crippen MR) is 131 cm³/mol. The monoisotopic (exact) mass is 481 g/mol. The van der Waals surface area contributed by atoms with Crippen LogP contribution in [0.1, 0.15) is 12.0 Å². The van der Waals surface area contributed by atoms with Crippen LogP contribution in [0.5, 0.6) is 0 Å². The molecular weight excluding hydrogens is 461 g/mol. The lowest BCUT2D eigenvalue weighted by Crippen LogP contribution is -2.35. The average Bonchev–Trinajstić information content (AvgIpc) is 3.09. The number of thioether (sulfide) groups is 1. The van der Waals surface area contributed by atoms with Crippen LogP contribution in [0.15, 0.2) is 83.9 Å². The van der Waals surface area contributed by atoms with E-state index in [0.717, 1.165) is 5.56 Å². The first-order chi connectivity index (χ1) is 16.0. The molecule has 1 heterocycles. The van der Waals surface area contributed by atoms with Gasteiger partial charge in [0.05, 0.1) is 5.69 Å². The fourth-order valence-electron chi connectivity index (χ4n) is 3.35. The highest BCUT2D eigenvalue weighted by molar-refractivity contribution is 8.15. The lowest BCUT2D eigenvalue weighted by atomic mass is 10.1. The second-order valence-corrected chi connectivity index (χ2v) is 9.07. The number of hydrogen-bond acceptors (Lipinski definition) is 4. The summed E-state index contributed by atoms with van der Waals surface area (Å²) in [6, 6.07) is 22.3. The highest BCUT2D eigenvalue weighted by Crippen LogP contribution is 2.32. The van der Waals surface area contributed by atoms with Crippen LogP contribution in [0.2, 0.25) is 5.02 Å². The maximum atomic E-state index is 13.2. The molecule has 1 aliphatic rings. The molecule has 168 valence electrons. The van der Waals surface area contributed by atoms with Crippen molar-refractivity contribution < 1.29 is 14.0 Å². The van der Waals surface area contributed by atoms with E-state index < -0.39 is 5.25 Å². The normalized spacial score (nSPS) is 16.9. The Bertz CT molecular complexity index is 1150. The van der Waals surface area contributed by atoms with Gasteiger partial charge in [-0.1, -0.05) is 53.7 Å². The van der Waals surface area contributed by atoms with Gasteiger partial charge in [0.25, 0.3) is 0 Å². The molecule has 2 amide bonds. The summed E-state index contributed by atoms with van der Waals surface area (Å²) in [4.78, 5) is 32.0. The molecule has 1 saturated heterocycles. The van der Waals surface area contributed by atoms with E-state index in [-0.39, 0.29) is 24.1 Å². The van der Waals surface area contributed by atoms with Crippen molar-refractivity contribution in [2.24, 2.45) is 4.99 Å². The van der Waals surface area contributed by atoms with Crippen molar-refractivity contribution in [2.45, 2.75) is 18.1 Å². The Morgan fingerprint density at radius 1 is 1.03 bits per heavy atom. The number of aliphatic imine (C=N–C) groups is 1. The van der Waals surface area contributed by atoms with Crippen LogP contribution >= 0.6 is 23.4 Å². The summed E-state index contributed by atoms with van der Waals surface area (Å²) < 4.78 is 13.2. The third kappa shape index (κ3) is 6.21. The Labute approximate surface area is 200 Å². The molecule has 3 aromatic rings. The maximum absolute atomic E-state index is 13.2. The number of rotatable bonds is 7. The van der Waals surface area contributed by atoms with E-state index in [1.165, 1.54) is 23.9 Å². The van der Waals surface area contributed by atoms with Crippen LogP contribution in [-0.2, 0) is 16.0 Å². The van der Waals surface area contributed by atoms with Gasteiger partial charge in [-0.2, -0.15) is 0 Å². The van der Waals surface area contributed by atoms with Crippen LogP contribution in [0, 0.1) is 5.82 Å². The third-order valence-electron chi connectivity index (χ3n) is 5.04. The molecule has 0 aromatic heterocycles. The summed E-state index contributed by atoms with van der Waals surface area (Å²) in [7, 11) is 0. The van der Waals surface area contributed by atoms with Crippen LogP contribution in [0.3, 0.4) is 0 Å². The molecule has 3 aromatic carbocycles. The molecule has 1 fully saturated rings. The number of anilines is 1. The molecule has 33 heavy (non-hydrogen) atoms. The average molecular weight is 482 g/mol. The zero-order chi connectivity index (χ0) is 23.2. The molecule has 0 saturated carbocycles. The number of carbonyl (C=O) groups excluding carboxylic acids is 2. The first-order valence-electron chi connectivity index (χ1n) is 10.4. The minimum absolute atomic E-state index is 0.0328. The number of benzene rings is 3. The summed E-state index contributed by atoms with van der Waals surface area (Å²) >= 11 is 7.24. The Hall–Kier alpha value is -3.16. The van der Waals surface area contributed by atoms with Crippen molar-refractivity contribution in [1.82, 2.24) is 4.90 Å². The van der Waals surface area contributed by atoms with Gasteiger partial charge in [0.15, 0.2) is 5.17 Å². The van der Waals surface area contributed by atoms with E-state index in [0.29, 0.717) is 34.5 Å². The highest BCUT2D eigenvalue weighted by atomic mass is 35.5. The van der Waals surface area contributed by atoms with Gasteiger partial charge in [0, 0.05) is 23.7 Å². The minimum atomic E-state index is -0.576.